The predicted octanol–water partition coefficient (Wildman–Crippen LogP) is 2.54. The number of rotatable bonds is 6. The Bertz CT molecular complexity index is 960. The summed E-state index contributed by atoms with van der Waals surface area (Å²) in [5.41, 5.74) is 0.788. The summed E-state index contributed by atoms with van der Waals surface area (Å²) < 4.78 is 1.63. The second kappa shape index (κ2) is 7.53. The third kappa shape index (κ3) is 4.05. The smallest absolute Gasteiger partial charge is 0.338 e. The molecule has 0 atom stereocenters. The molecule has 1 aliphatic heterocycles. The molecule has 2 aromatic rings. The number of hydrogen-bond acceptors (Lipinski definition) is 6. The fourth-order valence-corrected chi connectivity index (χ4v) is 3.55. The summed E-state index contributed by atoms with van der Waals surface area (Å²) >= 11 is 0. The molecule has 1 saturated carbocycles. The van der Waals surface area contributed by atoms with Crippen molar-refractivity contribution in [3.8, 4) is 0 Å². The number of anilines is 1. The summed E-state index contributed by atoms with van der Waals surface area (Å²) in [5, 5.41) is 27.7. The molecule has 152 valence electrons. The highest BCUT2D eigenvalue weighted by Crippen LogP contribution is 2.32. The van der Waals surface area contributed by atoms with Gasteiger partial charge in [-0.1, -0.05) is 0 Å². The molecule has 0 spiro atoms. The Balaban J connectivity index is 1.43. The van der Waals surface area contributed by atoms with Crippen LogP contribution in [-0.2, 0) is 0 Å². The van der Waals surface area contributed by atoms with Gasteiger partial charge in [-0.05, 0) is 37.8 Å². The highest BCUT2D eigenvalue weighted by molar-refractivity contribution is 5.96. The van der Waals surface area contributed by atoms with Crippen LogP contribution in [-0.4, -0.2) is 55.7 Å². The summed E-state index contributed by atoms with van der Waals surface area (Å²) in [5.74, 6) is -1.26. The van der Waals surface area contributed by atoms with E-state index in [4.69, 9.17) is 5.11 Å². The molecule has 1 amide bonds. The van der Waals surface area contributed by atoms with E-state index in [-0.39, 0.29) is 29.2 Å². The summed E-state index contributed by atoms with van der Waals surface area (Å²) in [4.78, 5) is 36.5. The van der Waals surface area contributed by atoms with Crippen LogP contribution in [0.1, 0.15) is 52.4 Å². The number of nitrogens with zero attached hydrogens (tertiary/aromatic N) is 4. The van der Waals surface area contributed by atoms with E-state index in [0.717, 1.165) is 12.8 Å². The topological polar surface area (TPSA) is 131 Å². The summed E-state index contributed by atoms with van der Waals surface area (Å²) in [6, 6.07) is 4.86. The van der Waals surface area contributed by atoms with E-state index < -0.39 is 10.9 Å². The number of carbonyl (C=O) groups excluding carboxylic acids is 1. The van der Waals surface area contributed by atoms with Crippen LogP contribution in [0, 0.1) is 10.1 Å². The number of carboxylic acids is 1. The Kier molecular flexibility index (Phi) is 4.91. The van der Waals surface area contributed by atoms with E-state index in [2.05, 4.69) is 10.4 Å². The van der Waals surface area contributed by atoms with Crippen LogP contribution in [0.4, 0.5) is 11.4 Å². The molecular weight excluding hydrogens is 378 g/mol. The number of carbonyl (C=O) groups is 2. The van der Waals surface area contributed by atoms with Gasteiger partial charge >= 0.3 is 5.97 Å². The number of aromatic nitrogens is 2. The van der Waals surface area contributed by atoms with Crippen molar-refractivity contribution in [3.63, 3.8) is 0 Å². The fraction of sp³-hybridized carbons (Fsp3) is 0.421. The zero-order valence-electron chi connectivity index (χ0n) is 15.7. The zero-order chi connectivity index (χ0) is 20.5. The van der Waals surface area contributed by atoms with Crippen LogP contribution >= 0.6 is 0 Å². The third-order valence-corrected chi connectivity index (χ3v) is 5.35. The number of amides is 1. The van der Waals surface area contributed by atoms with Crippen molar-refractivity contribution in [2.45, 2.75) is 37.8 Å². The minimum Gasteiger partial charge on any atom is -0.478 e. The molecule has 2 fully saturated rings. The Hall–Kier alpha value is -3.43. The molecule has 2 aliphatic rings. The number of nitrogens with one attached hydrogen (secondary N) is 1. The molecule has 0 bridgehead atoms. The largest absolute Gasteiger partial charge is 0.478 e. The van der Waals surface area contributed by atoms with Gasteiger partial charge in [0.05, 0.1) is 22.7 Å². The lowest BCUT2D eigenvalue weighted by Crippen LogP contribution is -2.39. The van der Waals surface area contributed by atoms with Gasteiger partial charge < -0.3 is 15.3 Å². The van der Waals surface area contributed by atoms with Crippen LogP contribution in [0.2, 0.25) is 0 Å². The normalized spacial score (nSPS) is 17.2. The maximum Gasteiger partial charge on any atom is 0.338 e. The van der Waals surface area contributed by atoms with E-state index in [1.54, 1.807) is 21.7 Å². The highest BCUT2D eigenvalue weighted by atomic mass is 16.6. The first kappa shape index (κ1) is 18.9. The quantitative estimate of drug-likeness (QED) is 0.564. The van der Waals surface area contributed by atoms with Crippen LogP contribution in [0.3, 0.4) is 0 Å². The number of nitro benzene ring substituents is 1. The molecule has 1 aliphatic carbocycles. The number of piperidine rings is 1. The molecule has 0 radical (unpaired) electrons. The van der Waals surface area contributed by atoms with E-state index in [0.29, 0.717) is 37.2 Å². The summed E-state index contributed by atoms with van der Waals surface area (Å²) in [7, 11) is 0. The minimum atomic E-state index is -1.02. The zero-order valence-corrected chi connectivity index (χ0v) is 15.7. The molecule has 1 aromatic carbocycles. The first-order valence-corrected chi connectivity index (χ1v) is 9.54. The Morgan fingerprint density at radius 2 is 1.90 bits per heavy atom. The lowest BCUT2D eigenvalue weighted by molar-refractivity contribution is -0.384. The molecule has 29 heavy (non-hydrogen) atoms. The van der Waals surface area contributed by atoms with Gasteiger partial charge in [-0.25, -0.2) is 4.79 Å². The van der Waals surface area contributed by atoms with Gasteiger partial charge in [0, 0.05) is 37.0 Å². The third-order valence-electron chi connectivity index (χ3n) is 5.35. The standard InChI is InChI=1S/C19H21N5O5/c25-18(12-1-4-16(21-14-2-3-14)17(9-12)24(28)29)22-7-5-15(6-8-22)23-11-13(10-20-23)19(26)27/h1,4,9-11,14-15,21H,2-3,5-8H2,(H,26,27). The maximum absolute atomic E-state index is 12.8. The average Bonchev–Trinajstić information content (AvgIpc) is 3.39. The number of hydrogen-bond donors (Lipinski definition) is 2. The summed E-state index contributed by atoms with van der Waals surface area (Å²) in [6.07, 6.45) is 6.08. The fourth-order valence-electron chi connectivity index (χ4n) is 3.55. The molecule has 10 heteroatoms. The molecular formula is C19H21N5O5. The van der Waals surface area contributed by atoms with Crippen molar-refractivity contribution in [2.24, 2.45) is 0 Å². The molecule has 2 N–H and O–H groups in total. The number of nitro groups is 1. The minimum absolute atomic E-state index is 0.0200. The van der Waals surface area contributed by atoms with E-state index >= 15 is 0 Å². The van der Waals surface area contributed by atoms with Gasteiger partial charge in [0.1, 0.15) is 5.69 Å². The van der Waals surface area contributed by atoms with Gasteiger partial charge in [0.2, 0.25) is 0 Å². The number of likely N-dealkylation sites (tertiary alicyclic amines) is 1. The van der Waals surface area contributed by atoms with Gasteiger partial charge in [0.25, 0.3) is 11.6 Å². The van der Waals surface area contributed by atoms with Gasteiger partial charge in [-0.2, -0.15) is 5.10 Å². The summed E-state index contributed by atoms with van der Waals surface area (Å²) in [6.45, 7) is 0.948. The van der Waals surface area contributed by atoms with E-state index in [1.165, 1.54) is 18.5 Å². The number of aromatic carboxylic acids is 1. The van der Waals surface area contributed by atoms with E-state index in [9.17, 15) is 19.7 Å². The first-order chi connectivity index (χ1) is 13.9. The highest BCUT2D eigenvalue weighted by Gasteiger charge is 2.28. The second-order valence-corrected chi connectivity index (χ2v) is 7.45. The molecule has 4 rings (SSSR count). The predicted molar refractivity (Wildman–Crippen MR) is 103 cm³/mol. The monoisotopic (exact) mass is 399 g/mol. The number of carboxylic acid groups (broad SMARTS) is 1. The van der Waals surface area contributed by atoms with E-state index in [1.807, 2.05) is 0 Å². The second-order valence-electron chi connectivity index (χ2n) is 7.45. The molecule has 10 nitrogen and oxygen atoms in total. The lowest BCUT2D eigenvalue weighted by Gasteiger charge is -2.32. The van der Waals surface area contributed by atoms with Gasteiger partial charge in [-0.3, -0.25) is 19.6 Å². The van der Waals surface area contributed by atoms with Crippen LogP contribution < -0.4 is 5.32 Å². The maximum atomic E-state index is 12.8. The Morgan fingerprint density at radius 1 is 1.17 bits per heavy atom. The molecule has 2 heterocycles. The number of benzene rings is 1. The van der Waals surface area contributed by atoms with Crippen molar-refractivity contribution >= 4 is 23.3 Å². The van der Waals surface area contributed by atoms with Crippen LogP contribution in [0.25, 0.3) is 0 Å². The SMILES string of the molecule is O=C(O)c1cnn(C2CCN(C(=O)c3ccc(NC4CC4)c([N+](=O)[O-])c3)CC2)c1. The lowest BCUT2D eigenvalue weighted by atomic mass is 10.0. The first-order valence-electron chi connectivity index (χ1n) is 9.54. The van der Waals surface area contributed by atoms with Crippen molar-refractivity contribution in [1.82, 2.24) is 14.7 Å². The average molecular weight is 399 g/mol. The van der Waals surface area contributed by atoms with Crippen LogP contribution in [0.15, 0.2) is 30.6 Å². The Labute approximate surface area is 166 Å². The van der Waals surface area contributed by atoms with Crippen molar-refractivity contribution in [3.05, 3.63) is 51.8 Å². The van der Waals surface area contributed by atoms with Gasteiger partial charge in [-0.15, -0.1) is 0 Å². The molecule has 1 saturated heterocycles. The van der Waals surface area contributed by atoms with Crippen molar-refractivity contribution in [2.75, 3.05) is 18.4 Å². The molecule has 0 unspecified atom stereocenters. The Morgan fingerprint density at radius 3 is 2.48 bits per heavy atom. The van der Waals surface area contributed by atoms with Gasteiger partial charge in [0.15, 0.2) is 0 Å². The van der Waals surface area contributed by atoms with Crippen molar-refractivity contribution in [1.29, 1.82) is 0 Å². The van der Waals surface area contributed by atoms with Crippen LogP contribution in [0.5, 0.6) is 0 Å². The van der Waals surface area contributed by atoms with Crippen molar-refractivity contribution < 1.29 is 19.6 Å². The molecule has 1 aromatic heterocycles.